The lowest BCUT2D eigenvalue weighted by Gasteiger charge is -2.05. The number of anilines is 1. The van der Waals surface area contributed by atoms with Gasteiger partial charge in [0.15, 0.2) is 5.75 Å². The first-order valence-corrected chi connectivity index (χ1v) is 6.09. The van der Waals surface area contributed by atoms with Crippen LogP contribution in [0.25, 0.3) is 0 Å². The standard InChI is InChI=1S/C12H17N5O/c1-3-6-13-12-14-7-5-11(16-12)18-10-8-15-17(4-2)9-10/h5,7-9H,3-4,6H2,1-2H3,(H,13,14,16). The van der Waals surface area contributed by atoms with Gasteiger partial charge in [0.05, 0.1) is 12.4 Å². The number of hydrogen-bond acceptors (Lipinski definition) is 5. The molecular formula is C12H17N5O. The Morgan fingerprint density at radius 2 is 2.28 bits per heavy atom. The maximum atomic E-state index is 5.61. The molecule has 2 aromatic rings. The fourth-order valence-electron chi connectivity index (χ4n) is 1.41. The number of nitrogens with one attached hydrogen (secondary N) is 1. The minimum absolute atomic E-state index is 0.513. The highest BCUT2D eigenvalue weighted by Gasteiger charge is 2.03. The van der Waals surface area contributed by atoms with Gasteiger partial charge in [0.1, 0.15) is 0 Å². The maximum absolute atomic E-state index is 5.61. The van der Waals surface area contributed by atoms with Gasteiger partial charge in [-0.2, -0.15) is 10.1 Å². The lowest BCUT2D eigenvalue weighted by Crippen LogP contribution is -2.04. The van der Waals surface area contributed by atoms with Crippen LogP contribution < -0.4 is 10.1 Å². The van der Waals surface area contributed by atoms with Gasteiger partial charge in [0.25, 0.3) is 0 Å². The summed E-state index contributed by atoms with van der Waals surface area (Å²) in [6.07, 6.45) is 6.20. The quantitative estimate of drug-likeness (QED) is 0.848. The smallest absolute Gasteiger partial charge is 0.225 e. The van der Waals surface area contributed by atoms with Gasteiger partial charge in [-0.15, -0.1) is 0 Å². The maximum Gasteiger partial charge on any atom is 0.225 e. The molecule has 0 spiro atoms. The average molecular weight is 247 g/mol. The van der Waals surface area contributed by atoms with Crippen molar-refractivity contribution in [3.8, 4) is 11.6 Å². The number of nitrogens with zero attached hydrogens (tertiary/aromatic N) is 4. The van der Waals surface area contributed by atoms with Gasteiger partial charge in [-0.3, -0.25) is 4.68 Å². The molecule has 0 radical (unpaired) electrons. The first-order valence-electron chi connectivity index (χ1n) is 6.09. The predicted octanol–water partition coefficient (Wildman–Crippen LogP) is 2.31. The molecule has 18 heavy (non-hydrogen) atoms. The third-order valence-corrected chi connectivity index (χ3v) is 2.32. The van der Waals surface area contributed by atoms with Crippen molar-refractivity contribution < 1.29 is 4.74 Å². The molecule has 2 rings (SSSR count). The van der Waals surface area contributed by atoms with E-state index in [1.54, 1.807) is 23.1 Å². The molecule has 2 heterocycles. The molecule has 6 heteroatoms. The normalized spacial score (nSPS) is 10.3. The average Bonchev–Trinajstić information content (AvgIpc) is 2.84. The van der Waals surface area contributed by atoms with Crippen molar-refractivity contribution in [2.75, 3.05) is 11.9 Å². The zero-order chi connectivity index (χ0) is 12.8. The summed E-state index contributed by atoms with van der Waals surface area (Å²) in [6, 6.07) is 1.72. The molecule has 0 atom stereocenters. The molecule has 0 aliphatic carbocycles. The summed E-state index contributed by atoms with van der Waals surface area (Å²) in [6.45, 7) is 5.77. The molecule has 0 unspecified atom stereocenters. The van der Waals surface area contributed by atoms with Crippen molar-refractivity contribution in [3.05, 3.63) is 24.7 Å². The molecule has 0 amide bonds. The Balaban J connectivity index is 2.04. The van der Waals surface area contributed by atoms with Crippen LogP contribution in [0, 0.1) is 0 Å². The lowest BCUT2D eigenvalue weighted by molar-refractivity contribution is 0.461. The Hall–Kier alpha value is -2.11. The van der Waals surface area contributed by atoms with Crippen LogP contribution in [0.4, 0.5) is 5.95 Å². The van der Waals surface area contributed by atoms with Gasteiger partial charge in [-0.1, -0.05) is 6.92 Å². The molecule has 0 aliphatic heterocycles. The summed E-state index contributed by atoms with van der Waals surface area (Å²) in [5, 5.41) is 7.25. The van der Waals surface area contributed by atoms with E-state index in [-0.39, 0.29) is 0 Å². The number of ether oxygens (including phenoxy) is 1. The molecule has 1 N–H and O–H groups in total. The van der Waals surface area contributed by atoms with Crippen molar-refractivity contribution in [2.24, 2.45) is 0 Å². The Bertz CT molecular complexity index is 497. The van der Waals surface area contributed by atoms with Gasteiger partial charge in [0, 0.05) is 25.4 Å². The molecule has 0 saturated heterocycles. The van der Waals surface area contributed by atoms with E-state index < -0.39 is 0 Å². The van der Waals surface area contributed by atoms with E-state index in [0.717, 1.165) is 19.5 Å². The van der Waals surface area contributed by atoms with E-state index in [0.29, 0.717) is 17.6 Å². The van der Waals surface area contributed by atoms with Crippen LogP contribution in [-0.2, 0) is 6.54 Å². The Morgan fingerprint density at radius 1 is 1.39 bits per heavy atom. The van der Waals surface area contributed by atoms with Crippen molar-refractivity contribution in [2.45, 2.75) is 26.8 Å². The van der Waals surface area contributed by atoms with Crippen molar-refractivity contribution in [3.63, 3.8) is 0 Å². The molecule has 6 nitrogen and oxygen atoms in total. The number of rotatable bonds is 6. The Labute approximate surface area is 106 Å². The molecule has 0 fully saturated rings. The highest BCUT2D eigenvalue weighted by Crippen LogP contribution is 2.18. The second-order valence-corrected chi connectivity index (χ2v) is 3.78. The largest absolute Gasteiger partial charge is 0.436 e. The zero-order valence-electron chi connectivity index (χ0n) is 10.6. The van der Waals surface area contributed by atoms with Gasteiger partial charge < -0.3 is 10.1 Å². The molecule has 0 saturated carbocycles. The summed E-state index contributed by atoms with van der Waals surface area (Å²) < 4.78 is 7.41. The molecule has 96 valence electrons. The van der Waals surface area contributed by atoms with E-state index in [4.69, 9.17) is 4.74 Å². The summed E-state index contributed by atoms with van der Waals surface area (Å²) >= 11 is 0. The second kappa shape index (κ2) is 6.00. The molecular weight excluding hydrogens is 230 g/mol. The molecule has 0 aliphatic rings. The predicted molar refractivity (Wildman–Crippen MR) is 68.8 cm³/mol. The summed E-state index contributed by atoms with van der Waals surface area (Å²) in [7, 11) is 0. The zero-order valence-corrected chi connectivity index (χ0v) is 10.6. The highest BCUT2D eigenvalue weighted by molar-refractivity contribution is 5.29. The highest BCUT2D eigenvalue weighted by atomic mass is 16.5. The second-order valence-electron chi connectivity index (χ2n) is 3.78. The van der Waals surface area contributed by atoms with Gasteiger partial charge >= 0.3 is 0 Å². The van der Waals surface area contributed by atoms with Crippen molar-refractivity contribution >= 4 is 5.95 Å². The third kappa shape index (κ3) is 3.19. The number of aromatic nitrogens is 4. The van der Waals surface area contributed by atoms with Crippen LogP contribution in [0.2, 0.25) is 0 Å². The van der Waals surface area contributed by atoms with E-state index in [1.165, 1.54) is 0 Å². The molecule has 0 bridgehead atoms. The van der Waals surface area contributed by atoms with E-state index in [2.05, 4.69) is 27.3 Å². The first-order chi connectivity index (χ1) is 8.81. The van der Waals surface area contributed by atoms with Gasteiger partial charge in [0.2, 0.25) is 11.8 Å². The van der Waals surface area contributed by atoms with E-state index in [1.807, 2.05) is 13.1 Å². The summed E-state index contributed by atoms with van der Waals surface area (Å²) in [5.41, 5.74) is 0. The Kier molecular flexibility index (Phi) is 4.11. The van der Waals surface area contributed by atoms with Crippen molar-refractivity contribution in [1.29, 1.82) is 0 Å². The van der Waals surface area contributed by atoms with Gasteiger partial charge in [-0.05, 0) is 13.3 Å². The topological polar surface area (TPSA) is 64.9 Å². The fourth-order valence-corrected chi connectivity index (χ4v) is 1.41. The van der Waals surface area contributed by atoms with Gasteiger partial charge in [-0.25, -0.2) is 4.98 Å². The first kappa shape index (κ1) is 12.3. The number of aryl methyl sites for hydroxylation is 1. The molecule has 2 aromatic heterocycles. The SMILES string of the molecule is CCCNc1nccc(Oc2cnn(CC)c2)n1. The van der Waals surface area contributed by atoms with Crippen LogP contribution in [0.15, 0.2) is 24.7 Å². The lowest BCUT2D eigenvalue weighted by atomic mass is 10.5. The Morgan fingerprint density at radius 3 is 3.00 bits per heavy atom. The minimum atomic E-state index is 0.513. The van der Waals surface area contributed by atoms with Crippen molar-refractivity contribution in [1.82, 2.24) is 19.7 Å². The van der Waals surface area contributed by atoms with Crippen LogP contribution in [0.5, 0.6) is 11.6 Å². The summed E-state index contributed by atoms with van der Waals surface area (Å²) in [4.78, 5) is 8.38. The monoisotopic (exact) mass is 247 g/mol. The van der Waals surface area contributed by atoms with E-state index in [9.17, 15) is 0 Å². The van der Waals surface area contributed by atoms with E-state index >= 15 is 0 Å². The van der Waals surface area contributed by atoms with Crippen LogP contribution >= 0.6 is 0 Å². The minimum Gasteiger partial charge on any atom is -0.436 e. The van der Waals surface area contributed by atoms with Crippen LogP contribution in [-0.4, -0.2) is 26.3 Å². The van der Waals surface area contributed by atoms with Crippen LogP contribution in [0.1, 0.15) is 20.3 Å². The third-order valence-electron chi connectivity index (χ3n) is 2.32. The molecule has 0 aromatic carbocycles. The fraction of sp³-hybridized carbons (Fsp3) is 0.417. The summed E-state index contributed by atoms with van der Waals surface area (Å²) in [5.74, 6) is 1.77. The van der Waals surface area contributed by atoms with Crippen LogP contribution in [0.3, 0.4) is 0 Å². The number of hydrogen-bond donors (Lipinski definition) is 1.